The van der Waals surface area contributed by atoms with E-state index in [1.54, 1.807) is 25.1 Å². The Morgan fingerprint density at radius 2 is 1.89 bits per heavy atom. The molecule has 28 heavy (non-hydrogen) atoms. The fourth-order valence-electron chi connectivity index (χ4n) is 4.82. The van der Waals surface area contributed by atoms with Crippen LogP contribution in [0.5, 0.6) is 0 Å². The summed E-state index contributed by atoms with van der Waals surface area (Å²) in [5.74, 6) is -0.701. The lowest BCUT2D eigenvalue weighted by Crippen LogP contribution is -2.34. The second kappa shape index (κ2) is 7.36. The van der Waals surface area contributed by atoms with Crippen molar-refractivity contribution in [1.29, 1.82) is 0 Å². The van der Waals surface area contributed by atoms with Gasteiger partial charge in [-0.25, -0.2) is 9.18 Å². The Kier molecular flexibility index (Phi) is 4.89. The lowest BCUT2D eigenvalue weighted by molar-refractivity contribution is -0.130. The molecule has 0 saturated carbocycles. The van der Waals surface area contributed by atoms with Crippen molar-refractivity contribution in [3.05, 3.63) is 71.0 Å². The molecule has 0 aliphatic carbocycles. The molecule has 2 aliphatic heterocycles. The van der Waals surface area contributed by atoms with Gasteiger partial charge >= 0.3 is 5.97 Å². The third kappa shape index (κ3) is 3.40. The van der Waals surface area contributed by atoms with Crippen molar-refractivity contribution in [1.82, 2.24) is 9.80 Å². The number of amides is 1. The van der Waals surface area contributed by atoms with Gasteiger partial charge in [-0.05, 0) is 35.2 Å². The van der Waals surface area contributed by atoms with Gasteiger partial charge in [0.25, 0.3) is 0 Å². The summed E-state index contributed by atoms with van der Waals surface area (Å²) in [6.45, 7) is 4.33. The van der Waals surface area contributed by atoms with Crippen LogP contribution in [0.2, 0.25) is 0 Å². The van der Waals surface area contributed by atoms with Gasteiger partial charge in [-0.3, -0.25) is 9.69 Å². The van der Waals surface area contributed by atoms with E-state index in [0.717, 1.165) is 24.2 Å². The van der Waals surface area contributed by atoms with Crippen LogP contribution < -0.4 is 0 Å². The summed E-state index contributed by atoms with van der Waals surface area (Å²) in [6, 6.07) is 13.4. The molecule has 6 heteroatoms. The number of halogens is 1. The summed E-state index contributed by atoms with van der Waals surface area (Å²) in [7, 11) is 0. The van der Waals surface area contributed by atoms with Gasteiger partial charge in [0.1, 0.15) is 5.82 Å². The van der Waals surface area contributed by atoms with Crippen molar-refractivity contribution in [3.63, 3.8) is 0 Å². The predicted octanol–water partition coefficient (Wildman–Crippen LogP) is 3.18. The molecule has 2 aromatic carbocycles. The zero-order chi connectivity index (χ0) is 19.8. The lowest BCUT2D eigenvalue weighted by atomic mass is 9.89. The summed E-state index contributed by atoms with van der Waals surface area (Å²) in [4.78, 5) is 27.8. The van der Waals surface area contributed by atoms with Gasteiger partial charge in [-0.15, -0.1) is 0 Å². The molecule has 0 radical (unpaired) electrons. The number of nitrogens with zero attached hydrogens (tertiary/aromatic N) is 2. The average molecular weight is 382 g/mol. The largest absolute Gasteiger partial charge is 0.478 e. The number of likely N-dealkylation sites (tertiary alicyclic amines) is 2. The highest BCUT2D eigenvalue weighted by molar-refractivity contribution is 5.89. The molecule has 0 unspecified atom stereocenters. The van der Waals surface area contributed by atoms with Crippen LogP contribution in [0.4, 0.5) is 4.39 Å². The maximum Gasteiger partial charge on any atom is 0.336 e. The van der Waals surface area contributed by atoms with Crippen LogP contribution in [-0.2, 0) is 11.3 Å². The molecule has 5 nitrogen and oxygen atoms in total. The van der Waals surface area contributed by atoms with E-state index in [0.29, 0.717) is 24.6 Å². The Balaban J connectivity index is 1.57. The number of rotatable bonds is 4. The molecule has 146 valence electrons. The minimum Gasteiger partial charge on any atom is -0.478 e. The van der Waals surface area contributed by atoms with Gasteiger partial charge in [-0.1, -0.05) is 30.3 Å². The minimum atomic E-state index is -0.921. The number of carboxylic acids is 1. The third-order valence-corrected chi connectivity index (χ3v) is 5.98. The Morgan fingerprint density at radius 1 is 1.11 bits per heavy atom. The molecule has 2 saturated heterocycles. The highest BCUT2D eigenvalue weighted by Gasteiger charge is 2.48. The fourth-order valence-corrected chi connectivity index (χ4v) is 4.82. The van der Waals surface area contributed by atoms with Crippen molar-refractivity contribution >= 4 is 11.9 Å². The summed E-state index contributed by atoms with van der Waals surface area (Å²) in [6.07, 6.45) is 0. The maximum absolute atomic E-state index is 13.8. The first-order chi connectivity index (χ1) is 13.4. The van der Waals surface area contributed by atoms with Crippen LogP contribution in [0.15, 0.2) is 48.5 Å². The lowest BCUT2D eigenvalue weighted by Gasteiger charge is -2.29. The van der Waals surface area contributed by atoms with Crippen molar-refractivity contribution in [2.24, 2.45) is 11.8 Å². The highest BCUT2D eigenvalue weighted by Crippen LogP contribution is 2.45. The number of hydrogen-bond donors (Lipinski definition) is 1. The Bertz CT molecular complexity index is 916. The molecule has 0 aromatic heterocycles. The number of hydrogen-bond acceptors (Lipinski definition) is 3. The molecule has 1 N–H and O–H groups in total. The van der Waals surface area contributed by atoms with Gasteiger partial charge in [-0.2, -0.15) is 0 Å². The molecular formula is C22H23FN2O3. The van der Waals surface area contributed by atoms with Crippen LogP contribution in [0.1, 0.15) is 34.5 Å². The maximum atomic E-state index is 13.8. The van der Waals surface area contributed by atoms with Crippen LogP contribution in [0.25, 0.3) is 0 Å². The number of aromatic carboxylic acids is 1. The Hall–Kier alpha value is -2.73. The number of carbonyl (C=O) groups is 2. The quantitative estimate of drug-likeness (QED) is 0.882. The summed E-state index contributed by atoms with van der Waals surface area (Å²) >= 11 is 0. The first-order valence-electron chi connectivity index (χ1n) is 9.50. The van der Waals surface area contributed by atoms with Crippen molar-refractivity contribution < 1.29 is 19.1 Å². The van der Waals surface area contributed by atoms with Gasteiger partial charge in [0.2, 0.25) is 5.91 Å². The zero-order valence-electron chi connectivity index (χ0n) is 15.7. The first-order valence-corrected chi connectivity index (χ1v) is 9.50. The van der Waals surface area contributed by atoms with E-state index >= 15 is 0 Å². The number of carboxylic acid groups (broad SMARTS) is 1. The van der Waals surface area contributed by atoms with Crippen LogP contribution in [-0.4, -0.2) is 46.4 Å². The van der Waals surface area contributed by atoms with E-state index in [2.05, 4.69) is 4.90 Å². The van der Waals surface area contributed by atoms with Gasteiger partial charge < -0.3 is 10.0 Å². The molecule has 2 aromatic rings. The Morgan fingerprint density at radius 3 is 2.61 bits per heavy atom. The van der Waals surface area contributed by atoms with Crippen molar-refractivity contribution in [2.45, 2.75) is 19.5 Å². The second-order valence-corrected chi connectivity index (χ2v) is 7.75. The monoisotopic (exact) mass is 382 g/mol. The van der Waals surface area contributed by atoms with Crippen LogP contribution in [0, 0.1) is 17.7 Å². The molecular weight excluding hydrogens is 359 g/mol. The predicted molar refractivity (Wildman–Crippen MR) is 102 cm³/mol. The number of fused-ring (bicyclic) bond motifs is 1. The first kappa shape index (κ1) is 18.6. The smallest absolute Gasteiger partial charge is 0.336 e. The second-order valence-electron chi connectivity index (χ2n) is 7.75. The molecule has 2 fully saturated rings. The van der Waals surface area contributed by atoms with Crippen molar-refractivity contribution in [2.75, 3.05) is 19.6 Å². The average Bonchev–Trinajstić information content (AvgIpc) is 3.19. The molecule has 2 aliphatic rings. The topological polar surface area (TPSA) is 60.9 Å². The molecule has 1 amide bonds. The SMILES string of the molecule is CC(=O)N1C[C@H]2CN(Cc3ccccc3C(=O)O)C[C@H]2[C@H]1c1cccc(F)c1. The fraction of sp³-hybridized carbons (Fsp3) is 0.364. The van der Waals surface area contributed by atoms with Gasteiger partial charge in [0.15, 0.2) is 0 Å². The molecule has 2 heterocycles. The van der Waals surface area contributed by atoms with E-state index in [1.807, 2.05) is 23.1 Å². The summed E-state index contributed by atoms with van der Waals surface area (Å²) in [5, 5.41) is 9.42. The van der Waals surface area contributed by atoms with E-state index in [-0.39, 0.29) is 23.7 Å². The highest BCUT2D eigenvalue weighted by atomic mass is 19.1. The summed E-state index contributed by atoms with van der Waals surface area (Å²) in [5.41, 5.74) is 1.95. The molecule has 0 bridgehead atoms. The summed E-state index contributed by atoms with van der Waals surface area (Å²) < 4.78 is 13.8. The third-order valence-electron chi connectivity index (χ3n) is 5.98. The standard InChI is InChI=1S/C22H23FN2O3/c1-14(26)25-12-17-11-24(10-16-5-2-3-8-19(16)22(27)28)13-20(17)21(25)15-6-4-7-18(23)9-15/h2-9,17,20-21H,10-13H2,1H3,(H,27,28)/t17-,20-,21-/m1/s1. The van der Waals surface area contributed by atoms with E-state index in [4.69, 9.17) is 0 Å². The van der Waals surface area contributed by atoms with Crippen LogP contribution >= 0.6 is 0 Å². The van der Waals surface area contributed by atoms with E-state index in [1.165, 1.54) is 12.1 Å². The molecule has 3 atom stereocenters. The van der Waals surface area contributed by atoms with Gasteiger partial charge in [0, 0.05) is 39.0 Å². The normalized spacial score (nSPS) is 24.4. The van der Waals surface area contributed by atoms with E-state index in [9.17, 15) is 19.1 Å². The van der Waals surface area contributed by atoms with E-state index < -0.39 is 5.97 Å². The zero-order valence-corrected chi connectivity index (χ0v) is 15.7. The minimum absolute atomic E-state index is 0.00596. The Labute approximate surface area is 163 Å². The van der Waals surface area contributed by atoms with Crippen LogP contribution in [0.3, 0.4) is 0 Å². The molecule has 0 spiro atoms. The number of carbonyl (C=O) groups excluding carboxylic acids is 1. The van der Waals surface area contributed by atoms with Crippen molar-refractivity contribution in [3.8, 4) is 0 Å². The van der Waals surface area contributed by atoms with Gasteiger partial charge in [0.05, 0.1) is 11.6 Å². The number of benzene rings is 2. The molecule has 4 rings (SSSR count).